The molecule has 1 aromatic heterocycles. The minimum absolute atomic E-state index is 0.107. The van der Waals surface area contributed by atoms with E-state index in [-0.39, 0.29) is 11.8 Å². The summed E-state index contributed by atoms with van der Waals surface area (Å²) in [5.74, 6) is 0.108. The van der Waals surface area contributed by atoms with E-state index in [1.54, 1.807) is 10.3 Å². The lowest BCUT2D eigenvalue weighted by molar-refractivity contribution is -0.145. The van der Waals surface area contributed by atoms with Gasteiger partial charge in [0.1, 0.15) is 0 Å². The Morgan fingerprint density at radius 2 is 2.04 bits per heavy atom. The van der Waals surface area contributed by atoms with Crippen molar-refractivity contribution in [1.82, 2.24) is 19.4 Å². The molecule has 0 N–H and O–H groups in total. The highest BCUT2D eigenvalue weighted by Gasteiger charge is 2.49. The van der Waals surface area contributed by atoms with Crippen LogP contribution in [0.4, 0.5) is 0 Å². The van der Waals surface area contributed by atoms with E-state index in [9.17, 15) is 9.59 Å². The number of carbonyl (C=O) groups excluding carboxylic acids is 2. The summed E-state index contributed by atoms with van der Waals surface area (Å²) >= 11 is 1.18. The van der Waals surface area contributed by atoms with Crippen molar-refractivity contribution < 1.29 is 9.59 Å². The molecule has 2 aromatic rings. The van der Waals surface area contributed by atoms with Gasteiger partial charge in [0.15, 0.2) is 5.69 Å². The monoisotopic (exact) mass is 370 g/mol. The van der Waals surface area contributed by atoms with Gasteiger partial charge in [0.2, 0.25) is 5.91 Å². The lowest BCUT2D eigenvalue weighted by Gasteiger charge is -2.39. The topological polar surface area (TPSA) is 66.4 Å². The molecule has 0 aliphatic carbocycles. The molecule has 1 unspecified atom stereocenters. The minimum Gasteiger partial charge on any atom is -0.342 e. The van der Waals surface area contributed by atoms with Crippen LogP contribution in [0.1, 0.15) is 35.3 Å². The number of benzene rings is 1. The van der Waals surface area contributed by atoms with Gasteiger partial charge in [0, 0.05) is 31.6 Å². The van der Waals surface area contributed by atoms with Gasteiger partial charge in [-0.15, -0.1) is 5.10 Å². The van der Waals surface area contributed by atoms with Crippen LogP contribution in [0.25, 0.3) is 0 Å². The average molecular weight is 370 g/mol. The Kier molecular flexibility index (Phi) is 4.72. The van der Waals surface area contributed by atoms with Crippen LogP contribution in [0.3, 0.4) is 0 Å². The lowest BCUT2D eigenvalue weighted by atomic mass is 9.78. The maximum Gasteiger partial charge on any atom is 0.275 e. The van der Waals surface area contributed by atoms with Gasteiger partial charge in [0.05, 0.1) is 5.41 Å². The Labute approximate surface area is 157 Å². The largest absolute Gasteiger partial charge is 0.342 e. The van der Waals surface area contributed by atoms with E-state index < -0.39 is 5.41 Å². The highest BCUT2D eigenvalue weighted by molar-refractivity contribution is 7.03. The van der Waals surface area contributed by atoms with Gasteiger partial charge in [0.25, 0.3) is 5.91 Å². The van der Waals surface area contributed by atoms with Gasteiger partial charge in [-0.3, -0.25) is 9.59 Å². The molecule has 2 saturated heterocycles. The summed E-state index contributed by atoms with van der Waals surface area (Å²) in [6.45, 7) is 2.69. The van der Waals surface area contributed by atoms with Gasteiger partial charge in [-0.2, -0.15) is 0 Å². The second-order valence-electron chi connectivity index (χ2n) is 7.18. The summed E-state index contributed by atoms with van der Waals surface area (Å²) < 4.78 is 3.77. The quantitative estimate of drug-likeness (QED) is 0.828. The molecule has 0 bridgehead atoms. The Balaban J connectivity index is 1.42. The first-order valence-electron chi connectivity index (χ1n) is 9.08. The summed E-state index contributed by atoms with van der Waals surface area (Å²) in [6.07, 6.45) is 3.49. The van der Waals surface area contributed by atoms with E-state index >= 15 is 0 Å². The third-order valence-corrected chi connectivity index (χ3v) is 6.06. The van der Waals surface area contributed by atoms with E-state index in [1.807, 2.05) is 23.1 Å². The van der Waals surface area contributed by atoms with Crippen LogP contribution in [0.2, 0.25) is 0 Å². The number of amides is 2. The summed E-state index contributed by atoms with van der Waals surface area (Å²) in [5.41, 5.74) is 1.23. The summed E-state index contributed by atoms with van der Waals surface area (Å²) in [7, 11) is 0. The van der Waals surface area contributed by atoms with Gasteiger partial charge >= 0.3 is 0 Å². The number of hydrogen-bond donors (Lipinski definition) is 0. The van der Waals surface area contributed by atoms with Crippen LogP contribution >= 0.6 is 11.5 Å². The summed E-state index contributed by atoms with van der Waals surface area (Å²) in [5, 5.41) is 5.54. The van der Waals surface area contributed by atoms with E-state index in [2.05, 4.69) is 21.7 Å². The molecule has 26 heavy (non-hydrogen) atoms. The van der Waals surface area contributed by atoms with Gasteiger partial charge in [-0.1, -0.05) is 34.8 Å². The van der Waals surface area contributed by atoms with Crippen molar-refractivity contribution in [2.24, 2.45) is 5.41 Å². The third kappa shape index (κ3) is 3.23. The molecule has 0 radical (unpaired) electrons. The Hall–Kier alpha value is -2.28. The molecular formula is C19H22N4O2S. The number of likely N-dealkylation sites (tertiary alicyclic amines) is 2. The Morgan fingerprint density at radius 1 is 1.19 bits per heavy atom. The zero-order valence-electron chi connectivity index (χ0n) is 14.6. The van der Waals surface area contributed by atoms with E-state index in [4.69, 9.17) is 0 Å². The molecule has 1 aromatic carbocycles. The van der Waals surface area contributed by atoms with Crippen molar-refractivity contribution in [3.05, 3.63) is 47.0 Å². The van der Waals surface area contributed by atoms with Gasteiger partial charge in [-0.05, 0) is 42.8 Å². The normalized spacial score (nSPS) is 23.0. The van der Waals surface area contributed by atoms with Crippen molar-refractivity contribution in [3.63, 3.8) is 0 Å². The first-order valence-corrected chi connectivity index (χ1v) is 9.91. The molecule has 2 aliphatic heterocycles. The maximum absolute atomic E-state index is 13.2. The number of piperidine rings is 1. The average Bonchev–Trinajstić information content (AvgIpc) is 3.34. The summed E-state index contributed by atoms with van der Waals surface area (Å²) in [6, 6.07) is 10.3. The molecule has 4 rings (SSSR count). The smallest absolute Gasteiger partial charge is 0.275 e. The van der Waals surface area contributed by atoms with Crippen LogP contribution in [-0.2, 0) is 11.2 Å². The van der Waals surface area contributed by atoms with Crippen LogP contribution < -0.4 is 0 Å². The van der Waals surface area contributed by atoms with Crippen LogP contribution in [0, 0.1) is 5.41 Å². The molecule has 2 amide bonds. The van der Waals surface area contributed by atoms with E-state index in [0.717, 1.165) is 38.8 Å². The molecule has 6 nitrogen and oxygen atoms in total. The Bertz CT molecular complexity index is 780. The van der Waals surface area contributed by atoms with E-state index in [0.29, 0.717) is 18.8 Å². The predicted molar refractivity (Wildman–Crippen MR) is 98.8 cm³/mol. The second-order valence-corrected chi connectivity index (χ2v) is 7.79. The molecule has 1 spiro atoms. The van der Waals surface area contributed by atoms with Crippen molar-refractivity contribution in [1.29, 1.82) is 0 Å². The number of hydrogen-bond acceptors (Lipinski definition) is 5. The molecule has 2 aliphatic rings. The fourth-order valence-corrected chi connectivity index (χ4v) is 4.55. The zero-order valence-corrected chi connectivity index (χ0v) is 15.5. The van der Waals surface area contributed by atoms with Crippen molar-refractivity contribution >= 4 is 23.3 Å². The number of carbonyl (C=O) groups is 2. The molecular weight excluding hydrogens is 348 g/mol. The first-order chi connectivity index (χ1) is 12.7. The van der Waals surface area contributed by atoms with Crippen LogP contribution in [0.5, 0.6) is 0 Å². The first kappa shape index (κ1) is 17.1. The van der Waals surface area contributed by atoms with Gasteiger partial charge in [-0.25, -0.2) is 0 Å². The Morgan fingerprint density at radius 3 is 2.81 bits per heavy atom. The molecule has 0 saturated carbocycles. The van der Waals surface area contributed by atoms with Gasteiger partial charge < -0.3 is 9.80 Å². The van der Waals surface area contributed by atoms with Crippen molar-refractivity contribution in [2.45, 2.75) is 25.7 Å². The fraction of sp³-hybridized carbons (Fsp3) is 0.474. The molecule has 7 heteroatoms. The van der Waals surface area contributed by atoms with E-state index in [1.165, 1.54) is 17.1 Å². The zero-order chi connectivity index (χ0) is 18.0. The van der Waals surface area contributed by atoms with Crippen LogP contribution in [0.15, 0.2) is 35.7 Å². The summed E-state index contributed by atoms with van der Waals surface area (Å²) in [4.78, 5) is 29.5. The molecule has 1 atom stereocenters. The molecule has 3 heterocycles. The maximum atomic E-state index is 13.2. The van der Waals surface area contributed by atoms with Crippen molar-refractivity contribution in [3.8, 4) is 0 Å². The highest BCUT2D eigenvalue weighted by atomic mass is 32.1. The molecule has 136 valence electrons. The number of aromatic nitrogens is 2. The predicted octanol–water partition coefficient (Wildman–Crippen LogP) is 2.24. The SMILES string of the molecule is O=C(c1csnn1)N1CCC2(CCCN(CCc3ccccc3)C2=O)C1. The van der Waals surface area contributed by atoms with Crippen molar-refractivity contribution in [2.75, 3.05) is 26.2 Å². The number of nitrogens with zero attached hydrogens (tertiary/aromatic N) is 4. The standard InChI is InChI=1S/C19H22N4O2S/c24-17(16-13-26-21-20-16)23-12-9-19(14-23)8-4-10-22(18(19)25)11-7-15-5-2-1-3-6-15/h1-3,5-6,13H,4,7-12,14H2. The van der Waals surface area contributed by atoms with Crippen LogP contribution in [-0.4, -0.2) is 57.4 Å². The fourth-order valence-electron chi connectivity index (χ4n) is 4.12. The second kappa shape index (κ2) is 7.15. The third-order valence-electron chi connectivity index (χ3n) is 5.56. The highest BCUT2D eigenvalue weighted by Crippen LogP contribution is 2.40. The minimum atomic E-state index is -0.409. The molecule has 2 fully saturated rings. The lowest BCUT2D eigenvalue weighted by Crippen LogP contribution is -2.50. The number of rotatable bonds is 4.